The van der Waals surface area contributed by atoms with E-state index in [1.807, 2.05) is 0 Å². The number of carbonyl (C=O) groups excluding carboxylic acids is 1. The average Bonchev–Trinajstić information content (AvgIpc) is 3.35. The third-order valence-corrected chi connectivity index (χ3v) is 8.93. The number of fused-ring (bicyclic) bond motifs is 2. The molecule has 30 heavy (non-hydrogen) atoms. The molecule has 2 amide bonds. The lowest BCUT2D eigenvalue weighted by Crippen LogP contribution is -2.19. The summed E-state index contributed by atoms with van der Waals surface area (Å²) in [6.07, 6.45) is 3.72. The fourth-order valence-corrected chi connectivity index (χ4v) is 6.54. The summed E-state index contributed by atoms with van der Waals surface area (Å²) in [5.74, 6) is 0.714. The number of aliphatic hydroxyl groups is 1. The highest BCUT2D eigenvalue weighted by Crippen LogP contribution is 2.44. The van der Waals surface area contributed by atoms with E-state index in [0.717, 1.165) is 65.2 Å². The van der Waals surface area contributed by atoms with Crippen LogP contribution in [0.25, 0.3) is 0 Å². The van der Waals surface area contributed by atoms with Crippen LogP contribution in [0.5, 0.6) is 0 Å². The molecule has 2 aromatic heterocycles. The lowest BCUT2D eigenvalue weighted by atomic mass is 10.0. The molecule has 0 aliphatic heterocycles. The first-order valence-corrected chi connectivity index (χ1v) is 12.7. The lowest BCUT2D eigenvalue weighted by Gasteiger charge is -2.16. The van der Waals surface area contributed by atoms with Gasteiger partial charge < -0.3 is 10.4 Å². The molecule has 7 nitrogen and oxygen atoms in total. The second-order valence-electron chi connectivity index (χ2n) is 8.90. The van der Waals surface area contributed by atoms with E-state index in [2.05, 4.69) is 23.5 Å². The van der Waals surface area contributed by atoms with Crippen LogP contribution in [-0.4, -0.2) is 20.3 Å². The quantitative estimate of drug-likeness (QED) is 0.645. The largest absolute Gasteiger partial charge is 0.386 e. The van der Waals surface area contributed by atoms with Crippen LogP contribution in [0.1, 0.15) is 80.5 Å². The number of carbonyl (C=O) groups is 1. The minimum absolute atomic E-state index is 0.266. The highest BCUT2D eigenvalue weighted by atomic mass is 32.2. The first kappa shape index (κ1) is 21.4. The molecule has 9 heteroatoms. The number of urea groups is 1. The van der Waals surface area contributed by atoms with Gasteiger partial charge in [0.05, 0.1) is 11.3 Å². The number of amides is 2. The number of nitrogens with one attached hydrogen (secondary N) is 1. The summed E-state index contributed by atoms with van der Waals surface area (Å²) in [7, 11) is -3.41. The van der Waals surface area contributed by atoms with Gasteiger partial charge in [-0.1, -0.05) is 13.8 Å². The second kappa shape index (κ2) is 7.40. The van der Waals surface area contributed by atoms with Gasteiger partial charge in [0.1, 0.15) is 4.21 Å². The van der Waals surface area contributed by atoms with Gasteiger partial charge >= 0.3 is 6.03 Å². The van der Waals surface area contributed by atoms with Gasteiger partial charge in [-0.25, -0.2) is 14.1 Å². The van der Waals surface area contributed by atoms with E-state index in [4.69, 9.17) is 10.1 Å². The van der Waals surface area contributed by atoms with Gasteiger partial charge in [-0.05, 0) is 79.5 Å². The molecule has 0 saturated heterocycles. The SMILES string of the molecule is CC1CCc2c1nc1c(c2NC(=O)N=[S@](N)(=O)c2cc(C(C)(C)O)cs2)CCC1C. The molecule has 0 spiro atoms. The van der Waals surface area contributed by atoms with E-state index in [9.17, 15) is 14.1 Å². The zero-order chi connectivity index (χ0) is 21.8. The summed E-state index contributed by atoms with van der Waals surface area (Å²) < 4.78 is 17.1. The van der Waals surface area contributed by atoms with Crippen molar-refractivity contribution in [2.45, 2.75) is 75.0 Å². The summed E-state index contributed by atoms with van der Waals surface area (Å²) in [5, 5.41) is 20.6. The number of nitrogens with two attached hydrogens (primary N) is 1. The summed E-state index contributed by atoms with van der Waals surface area (Å²) >= 11 is 1.13. The van der Waals surface area contributed by atoms with Crippen LogP contribution in [0.15, 0.2) is 20.0 Å². The van der Waals surface area contributed by atoms with Gasteiger partial charge in [0.15, 0.2) is 9.92 Å². The maximum Gasteiger partial charge on any atom is 0.354 e. The Bertz CT molecular complexity index is 1100. The van der Waals surface area contributed by atoms with Crippen molar-refractivity contribution in [3.8, 4) is 0 Å². The van der Waals surface area contributed by atoms with Crippen LogP contribution in [-0.2, 0) is 28.4 Å². The van der Waals surface area contributed by atoms with Crippen molar-refractivity contribution in [2.75, 3.05) is 5.32 Å². The van der Waals surface area contributed by atoms with Crippen LogP contribution < -0.4 is 10.5 Å². The summed E-state index contributed by atoms with van der Waals surface area (Å²) in [6, 6.07) is 0.838. The van der Waals surface area contributed by atoms with Crippen LogP contribution in [0.4, 0.5) is 10.5 Å². The fraction of sp³-hybridized carbons (Fsp3) is 0.524. The number of pyridine rings is 1. The van der Waals surface area contributed by atoms with E-state index >= 15 is 0 Å². The highest BCUT2D eigenvalue weighted by molar-refractivity contribution is 7.93. The van der Waals surface area contributed by atoms with Crippen molar-refractivity contribution < 1.29 is 14.1 Å². The van der Waals surface area contributed by atoms with E-state index in [1.165, 1.54) is 0 Å². The molecule has 2 unspecified atom stereocenters. The number of thiophene rings is 1. The van der Waals surface area contributed by atoms with Crippen molar-refractivity contribution in [3.05, 3.63) is 39.5 Å². The van der Waals surface area contributed by atoms with Gasteiger partial charge in [-0.15, -0.1) is 15.7 Å². The Labute approximate surface area is 181 Å². The first-order chi connectivity index (χ1) is 14.0. The average molecular weight is 449 g/mol. The molecule has 0 saturated carbocycles. The number of hydrogen-bond acceptors (Lipinski definition) is 5. The van der Waals surface area contributed by atoms with E-state index in [-0.39, 0.29) is 4.21 Å². The molecule has 4 rings (SSSR count). The van der Waals surface area contributed by atoms with Crippen LogP contribution in [0.3, 0.4) is 0 Å². The topological polar surface area (TPSA) is 118 Å². The minimum atomic E-state index is -3.41. The monoisotopic (exact) mass is 448 g/mol. The summed E-state index contributed by atoms with van der Waals surface area (Å²) in [4.78, 5) is 17.7. The number of rotatable bonds is 3. The summed E-state index contributed by atoms with van der Waals surface area (Å²) in [6.45, 7) is 7.58. The molecule has 2 aliphatic carbocycles. The smallest absolute Gasteiger partial charge is 0.354 e. The van der Waals surface area contributed by atoms with Gasteiger partial charge in [-0.3, -0.25) is 4.98 Å². The number of aromatic nitrogens is 1. The van der Waals surface area contributed by atoms with Gasteiger partial charge in [0.2, 0.25) is 0 Å². The Morgan fingerprint density at radius 2 is 1.83 bits per heavy atom. The Kier molecular flexibility index (Phi) is 5.29. The van der Waals surface area contributed by atoms with Crippen molar-refractivity contribution in [1.29, 1.82) is 0 Å². The van der Waals surface area contributed by atoms with Crippen molar-refractivity contribution >= 4 is 33.0 Å². The fourth-order valence-electron chi connectivity index (χ4n) is 4.26. The minimum Gasteiger partial charge on any atom is -0.386 e. The van der Waals surface area contributed by atoms with Gasteiger partial charge in [0.25, 0.3) is 0 Å². The van der Waals surface area contributed by atoms with E-state index < -0.39 is 21.5 Å². The molecule has 0 fully saturated rings. The third-order valence-electron chi connectivity index (χ3n) is 6.07. The zero-order valence-corrected chi connectivity index (χ0v) is 19.3. The second-order valence-corrected chi connectivity index (χ2v) is 11.8. The third kappa shape index (κ3) is 3.79. The molecule has 2 aromatic rings. The number of anilines is 1. The molecule has 162 valence electrons. The van der Waals surface area contributed by atoms with E-state index in [0.29, 0.717) is 17.4 Å². The van der Waals surface area contributed by atoms with Crippen molar-refractivity contribution in [3.63, 3.8) is 0 Å². The molecular weight excluding hydrogens is 420 g/mol. The van der Waals surface area contributed by atoms with E-state index in [1.54, 1.807) is 25.3 Å². The molecule has 0 bridgehead atoms. The Morgan fingerprint density at radius 3 is 2.33 bits per heavy atom. The molecule has 0 radical (unpaired) electrons. The molecule has 3 atom stereocenters. The van der Waals surface area contributed by atoms with Gasteiger partial charge in [-0.2, -0.15) is 0 Å². The Balaban J connectivity index is 1.68. The van der Waals surface area contributed by atoms with Crippen LogP contribution >= 0.6 is 11.3 Å². The van der Waals surface area contributed by atoms with Crippen LogP contribution in [0.2, 0.25) is 0 Å². The summed E-state index contributed by atoms with van der Waals surface area (Å²) in [5.41, 5.74) is 4.54. The predicted octanol–water partition coefficient (Wildman–Crippen LogP) is 4.40. The molecule has 0 aromatic carbocycles. The van der Waals surface area contributed by atoms with Crippen molar-refractivity contribution in [1.82, 2.24) is 4.98 Å². The first-order valence-electron chi connectivity index (χ1n) is 10.2. The van der Waals surface area contributed by atoms with Crippen molar-refractivity contribution in [2.24, 2.45) is 9.50 Å². The Hall–Kier alpha value is -1.81. The highest BCUT2D eigenvalue weighted by Gasteiger charge is 2.32. The molecular formula is C21H28N4O3S2. The normalized spacial score (nSPS) is 22.3. The molecule has 4 N–H and O–H groups in total. The molecule has 2 aliphatic rings. The maximum atomic E-state index is 13.0. The predicted molar refractivity (Wildman–Crippen MR) is 119 cm³/mol. The number of nitrogens with zero attached hydrogens (tertiary/aromatic N) is 2. The van der Waals surface area contributed by atoms with Crippen LogP contribution in [0, 0.1) is 0 Å². The Morgan fingerprint density at radius 1 is 1.27 bits per heavy atom. The maximum absolute atomic E-state index is 13.0. The standard InChI is InChI=1S/C21H28N4O3S2/c1-11-5-7-14-17(11)23-18-12(2)6-8-15(18)19(14)24-20(26)25-30(22,28)16-9-13(10-29-16)21(3,4)27/h9-12,27H,5-8H2,1-4H3,(H3,22,23,24,25,26,28)/t11?,12?,30-/m0/s1. The lowest BCUT2D eigenvalue weighted by molar-refractivity contribution is 0.0789. The molecule has 2 heterocycles. The number of hydrogen-bond donors (Lipinski definition) is 3. The zero-order valence-electron chi connectivity index (χ0n) is 17.7. The van der Waals surface area contributed by atoms with Gasteiger partial charge in [0, 0.05) is 11.4 Å².